The summed E-state index contributed by atoms with van der Waals surface area (Å²) >= 11 is 0. The number of hydrogen-bond donors (Lipinski definition) is 0. The molecule has 0 aliphatic heterocycles. The molecule has 0 aliphatic rings. The van der Waals surface area contributed by atoms with Gasteiger partial charge in [-0.1, -0.05) is 6.07 Å². The van der Waals surface area contributed by atoms with E-state index in [1.807, 2.05) is 22.8 Å². The van der Waals surface area contributed by atoms with Crippen LogP contribution in [-0.2, 0) is 18.3 Å². The van der Waals surface area contributed by atoms with Crippen LogP contribution >= 0.6 is 0 Å². The normalized spacial score (nSPS) is 11.8. The maximum Gasteiger partial charge on any atom is 0.332 e. The van der Waals surface area contributed by atoms with Gasteiger partial charge in [-0.05, 0) is 51.0 Å². The maximum atomic E-state index is 13.2. The van der Waals surface area contributed by atoms with Crippen molar-refractivity contribution < 1.29 is 4.74 Å². The number of imidazole rings is 2. The summed E-state index contributed by atoms with van der Waals surface area (Å²) in [6.07, 6.45) is 0. The Morgan fingerprint density at radius 1 is 1.00 bits per heavy atom. The van der Waals surface area contributed by atoms with Crippen LogP contribution in [0.3, 0.4) is 0 Å². The molecular formula is C21H25N5O3. The minimum absolute atomic E-state index is 0.195. The van der Waals surface area contributed by atoms with Crippen molar-refractivity contribution in [2.24, 2.45) is 7.05 Å². The Hall–Kier alpha value is -3.13. The van der Waals surface area contributed by atoms with Crippen molar-refractivity contribution >= 4 is 16.9 Å². The summed E-state index contributed by atoms with van der Waals surface area (Å²) in [6.45, 7) is 8.57. The highest BCUT2D eigenvalue weighted by Crippen LogP contribution is 2.25. The van der Waals surface area contributed by atoms with E-state index in [1.165, 1.54) is 9.13 Å². The van der Waals surface area contributed by atoms with Crippen LogP contribution in [0.2, 0.25) is 0 Å². The first-order chi connectivity index (χ1) is 13.8. The molecule has 0 bridgehead atoms. The summed E-state index contributed by atoms with van der Waals surface area (Å²) in [7, 11) is 3.19. The lowest BCUT2D eigenvalue weighted by atomic mass is 10.1. The summed E-state index contributed by atoms with van der Waals surface area (Å²) in [5.41, 5.74) is 5.22. The van der Waals surface area contributed by atoms with Gasteiger partial charge >= 0.3 is 5.69 Å². The number of fused-ring (bicyclic) bond motifs is 3. The third-order valence-corrected chi connectivity index (χ3v) is 5.50. The molecule has 0 N–H and O–H groups in total. The lowest BCUT2D eigenvalue weighted by Gasteiger charge is -2.09. The molecule has 3 heterocycles. The zero-order valence-corrected chi connectivity index (χ0v) is 17.6. The maximum absolute atomic E-state index is 13.2. The Balaban J connectivity index is 2.15. The van der Waals surface area contributed by atoms with Crippen LogP contribution in [0.15, 0.2) is 27.8 Å². The molecule has 4 aromatic rings. The Labute approximate surface area is 167 Å². The second kappa shape index (κ2) is 6.73. The Morgan fingerprint density at radius 2 is 1.66 bits per heavy atom. The smallest absolute Gasteiger partial charge is 0.332 e. The molecule has 8 heteroatoms. The molecule has 0 atom stereocenters. The SMILES string of the molecule is COCCn1c(=O)c2c(nc3n(-c4cc(C)cc(C)c4)c(C)c(C)n23)n(C)c1=O. The van der Waals surface area contributed by atoms with Gasteiger partial charge in [-0.15, -0.1) is 0 Å². The van der Waals surface area contributed by atoms with Crippen LogP contribution in [0.5, 0.6) is 0 Å². The third-order valence-electron chi connectivity index (χ3n) is 5.50. The summed E-state index contributed by atoms with van der Waals surface area (Å²) < 4.78 is 11.6. The highest BCUT2D eigenvalue weighted by Gasteiger charge is 2.23. The molecule has 0 saturated carbocycles. The summed E-state index contributed by atoms with van der Waals surface area (Å²) in [5.74, 6) is 0.622. The highest BCUT2D eigenvalue weighted by molar-refractivity contribution is 5.77. The molecule has 0 aliphatic carbocycles. The van der Waals surface area contributed by atoms with Crippen molar-refractivity contribution in [1.82, 2.24) is 23.1 Å². The number of nitrogens with zero attached hydrogens (tertiary/aromatic N) is 5. The van der Waals surface area contributed by atoms with Crippen LogP contribution in [0.25, 0.3) is 22.6 Å². The predicted molar refractivity (Wildman–Crippen MR) is 112 cm³/mol. The fraction of sp³-hybridized carbons (Fsp3) is 0.381. The average molecular weight is 395 g/mol. The van der Waals surface area contributed by atoms with E-state index in [2.05, 4.69) is 32.0 Å². The first kappa shape index (κ1) is 19.2. The largest absolute Gasteiger partial charge is 0.383 e. The van der Waals surface area contributed by atoms with E-state index in [4.69, 9.17) is 9.72 Å². The van der Waals surface area contributed by atoms with Crippen LogP contribution in [0.4, 0.5) is 0 Å². The minimum atomic E-state index is -0.396. The fourth-order valence-electron chi connectivity index (χ4n) is 4.02. The quantitative estimate of drug-likeness (QED) is 0.530. The number of ether oxygens (including phenoxy) is 1. The molecule has 3 aromatic heterocycles. The molecule has 1 aromatic carbocycles. The van der Waals surface area contributed by atoms with E-state index >= 15 is 0 Å². The zero-order valence-electron chi connectivity index (χ0n) is 17.6. The first-order valence-corrected chi connectivity index (χ1v) is 9.53. The van der Waals surface area contributed by atoms with E-state index in [0.29, 0.717) is 16.9 Å². The van der Waals surface area contributed by atoms with Gasteiger partial charge in [-0.2, -0.15) is 4.98 Å². The van der Waals surface area contributed by atoms with Gasteiger partial charge in [0.25, 0.3) is 5.56 Å². The van der Waals surface area contributed by atoms with Gasteiger partial charge in [-0.25, -0.2) is 4.79 Å². The van der Waals surface area contributed by atoms with Crippen molar-refractivity contribution in [1.29, 1.82) is 0 Å². The minimum Gasteiger partial charge on any atom is -0.383 e. The van der Waals surface area contributed by atoms with Crippen molar-refractivity contribution in [2.45, 2.75) is 34.2 Å². The lowest BCUT2D eigenvalue weighted by molar-refractivity contribution is 0.184. The molecular weight excluding hydrogens is 370 g/mol. The molecule has 152 valence electrons. The lowest BCUT2D eigenvalue weighted by Crippen LogP contribution is -2.40. The first-order valence-electron chi connectivity index (χ1n) is 9.53. The number of hydrogen-bond acceptors (Lipinski definition) is 4. The Kier molecular flexibility index (Phi) is 4.46. The summed E-state index contributed by atoms with van der Waals surface area (Å²) in [6, 6.07) is 6.30. The number of rotatable bonds is 4. The van der Waals surface area contributed by atoms with Gasteiger partial charge in [0.1, 0.15) is 0 Å². The summed E-state index contributed by atoms with van der Waals surface area (Å²) in [5, 5.41) is 0. The van der Waals surface area contributed by atoms with Crippen molar-refractivity contribution in [3.8, 4) is 5.69 Å². The second-order valence-electron chi connectivity index (χ2n) is 7.56. The van der Waals surface area contributed by atoms with Crippen molar-refractivity contribution in [3.05, 3.63) is 61.6 Å². The molecule has 4 rings (SSSR count). The van der Waals surface area contributed by atoms with Crippen LogP contribution in [0, 0.1) is 27.7 Å². The average Bonchev–Trinajstić information content (AvgIpc) is 3.15. The monoisotopic (exact) mass is 395 g/mol. The molecule has 0 unspecified atom stereocenters. The highest BCUT2D eigenvalue weighted by atomic mass is 16.5. The van der Waals surface area contributed by atoms with E-state index in [9.17, 15) is 9.59 Å². The van der Waals surface area contributed by atoms with Crippen LogP contribution in [0.1, 0.15) is 22.5 Å². The Bertz CT molecular complexity index is 1360. The van der Waals surface area contributed by atoms with E-state index in [0.717, 1.165) is 28.2 Å². The van der Waals surface area contributed by atoms with E-state index in [-0.39, 0.29) is 18.7 Å². The number of methoxy groups -OCH3 is 1. The molecule has 0 saturated heterocycles. The van der Waals surface area contributed by atoms with E-state index in [1.54, 1.807) is 14.2 Å². The molecule has 0 fully saturated rings. The summed E-state index contributed by atoms with van der Waals surface area (Å²) in [4.78, 5) is 30.7. The molecule has 29 heavy (non-hydrogen) atoms. The topological polar surface area (TPSA) is 75.5 Å². The zero-order chi connectivity index (χ0) is 21.0. The van der Waals surface area contributed by atoms with Gasteiger partial charge in [0.15, 0.2) is 11.2 Å². The van der Waals surface area contributed by atoms with Gasteiger partial charge in [0, 0.05) is 31.2 Å². The predicted octanol–water partition coefficient (Wildman–Crippen LogP) is 2.02. The fourth-order valence-corrected chi connectivity index (χ4v) is 4.02. The van der Waals surface area contributed by atoms with Gasteiger partial charge in [0.2, 0.25) is 5.78 Å². The standard InChI is InChI=1S/C21H25N5O3/c1-12-9-13(2)11-16(10-12)25-14(3)15(4)26-17-18(22-20(25)26)23(5)21(28)24(19(17)27)7-8-29-6/h9-11H,7-8H2,1-6H3. The van der Waals surface area contributed by atoms with E-state index < -0.39 is 5.69 Å². The molecule has 0 amide bonds. The van der Waals surface area contributed by atoms with Crippen molar-refractivity contribution in [2.75, 3.05) is 13.7 Å². The molecule has 0 spiro atoms. The molecule has 0 radical (unpaired) electrons. The Morgan fingerprint density at radius 3 is 2.28 bits per heavy atom. The molecule has 8 nitrogen and oxygen atoms in total. The van der Waals surface area contributed by atoms with Gasteiger partial charge < -0.3 is 4.74 Å². The number of aryl methyl sites for hydroxylation is 4. The third kappa shape index (κ3) is 2.74. The number of aromatic nitrogens is 5. The number of benzene rings is 1. The van der Waals surface area contributed by atoms with Gasteiger partial charge in [-0.3, -0.25) is 22.9 Å². The van der Waals surface area contributed by atoms with Crippen LogP contribution in [-0.4, -0.2) is 36.8 Å². The van der Waals surface area contributed by atoms with Crippen molar-refractivity contribution in [3.63, 3.8) is 0 Å². The van der Waals surface area contributed by atoms with Gasteiger partial charge in [0.05, 0.1) is 13.2 Å². The van der Waals surface area contributed by atoms with Crippen LogP contribution < -0.4 is 11.2 Å². The second-order valence-corrected chi connectivity index (χ2v) is 7.56.